The number of aromatic carboxylic acids is 1. The van der Waals surface area contributed by atoms with Crippen molar-refractivity contribution in [2.75, 3.05) is 18.0 Å². The van der Waals surface area contributed by atoms with E-state index in [0.717, 1.165) is 29.4 Å². The first-order valence-electron chi connectivity index (χ1n) is 8.94. The molecular formula is C20H17N5O2. The third-order valence-electron chi connectivity index (χ3n) is 5.10. The third-order valence-corrected chi connectivity index (χ3v) is 5.10. The molecule has 4 aromatic rings. The Hall–Kier alpha value is -3.48. The number of hydrogen-bond donors (Lipinski definition) is 1. The van der Waals surface area contributed by atoms with Gasteiger partial charge >= 0.3 is 5.97 Å². The molecule has 0 atom stereocenters. The average Bonchev–Trinajstić information content (AvgIpc) is 3.37. The zero-order chi connectivity index (χ0) is 18.4. The van der Waals surface area contributed by atoms with Crippen LogP contribution in [-0.2, 0) is 0 Å². The molecule has 134 valence electrons. The van der Waals surface area contributed by atoms with Crippen LogP contribution in [0.2, 0.25) is 0 Å². The molecule has 0 amide bonds. The first-order chi connectivity index (χ1) is 13.2. The summed E-state index contributed by atoms with van der Waals surface area (Å²) < 4.78 is 1.71. The van der Waals surface area contributed by atoms with Crippen molar-refractivity contribution >= 4 is 28.1 Å². The van der Waals surface area contributed by atoms with Crippen LogP contribution in [0.1, 0.15) is 23.2 Å². The van der Waals surface area contributed by atoms with Gasteiger partial charge in [0.1, 0.15) is 0 Å². The van der Waals surface area contributed by atoms with Crippen molar-refractivity contribution in [1.29, 1.82) is 0 Å². The van der Waals surface area contributed by atoms with Gasteiger partial charge in [-0.3, -0.25) is 0 Å². The molecule has 1 N–H and O–H groups in total. The summed E-state index contributed by atoms with van der Waals surface area (Å²) in [5, 5.41) is 24.4. The van der Waals surface area contributed by atoms with E-state index in [0.29, 0.717) is 11.5 Å². The first-order valence-corrected chi connectivity index (χ1v) is 8.94. The highest BCUT2D eigenvalue weighted by atomic mass is 16.4. The van der Waals surface area contributed by atoms with Crippen LogP contribution in [0.25, 0.3) is 27.8 Å². The Bertz CT molecular complexity index is 1160. The van der Waals surface area contributed by atoms with Crippen LogP contribution >= 0.6 is 0 Å². The van der Waals surface area contributed by atoms with Gasteiger partial charge in [0.15, 0.2) is 11.5 Å². The van der Waals surface area contributed by atoms with Crippen LogP contribution < -0.4 is 4.90 Å². The predicted molar refractivity (Wildman–Crippen MR) is 102 cm³/mol. The van der Waals surface area contributed by atoms with E-state index in [2.05, 4.69) is 26.3 Å². The number of fused-ring (bicyclic) bond motifs is 3. The van der Waals surface area contributed by atoms with Crippen molar-refractivity contribution in [3.05, 3.63) is 54.2 Å². The SMILES string of the molecule is O=C(O)c1ccc(-c2nnc3c4cccc(N5CCCC5)c4cnn23)cc1. The minimum absolute atomic E-state index is 0.237. The van der Waals surface area contributed by atoms with Crippen LogP contribution in [-0.4, -0.2) is 44.0 Å². The number of nitrogens with zero attached hydrogens (tertiary/aromatic N) is 5. The molecule has 7 heteroatoms. The lowest BCUT2D eigenvalue weighted by Gasteiger charge is -2.19. The molecule has 1 aliphatic rings. The van der Waals surface area contributed by atoms with Gasteiger partial charge in [-0.15, -0.1) is 10.2 Å². The third kappa shape index (κ3) is 2.51. The predicted octanol–water partition coefficient (Wildman–Crippen LogP) is 3.24. The smallest absolute Gasteiger partial charge is 0.335 e. The fourth-order valence-electron chi connectivity index (χ4n) is 3.73. The Morgan fingerprint density at radius 2 is 1.74 bits per heavy atom. The van der Waals surface area contributed by atoms with Gasteiger partial charge in [0, 0.05) is 35.1 Å². The molecule has 1 saturated heterocycles. The molecule has 1 fully saturated rings. The highest BCUT2D eigenvalue weighted by molar-refractivity contribution is 6.01. The Kier molecular flexibility index (Phi) is 3.53. The van der Waals surface area contributed by atoms with Crippen molar-refractivity contribution in [3.8, 4) is 11.4 Å². The highest BCUT2D eigenvalue weighted by Crippen LogP contribution is 2.31. The maximum absolute atomic E-state index is 11.0. The molecule has 5 rings (SSSR count). The number of benzene rings is 2. The van der Waals surface area contributed by atoms with Gasteiger partial charge in [-0.05, 0) is 31.0 Å². The topological polar surface area (TPSA) is 83.6 Å². The van der Waals surface area contributed by atoms with Gasteiger partial charge in [0.25, 0.3) is 0 Å². The van der Waals surface area contributed by atoms with E-state index >= 15 is 0 Å². The minimum Gasteiger partial charge on any atom is -0.478 e. The Balaban J connectivity index is 1.65. The Morgan fingerprint density at radius 3 is 2.48 bits per heavy atom. The van der Waals surface area contributed by atoms with Crippen molar-refractivity contribution in [2.45, 2.75) is 12.8 Å². The van der Waals surface area contributed by atoms with Crippen LogP contribution in [0, 0.1) is 0 Å². The van der Waals surface area contributed by atoms with E-state index in [1.807, 2.05) is 18.3 Å². The van der Waals surface area contributed by atoms with E-state index in [1.54, 1.807) is 28.8 Å². The molecule has 0 saturated carbocycles. The van der Waals surface area contributed by atoms with Gasteiger partial charge in [0.2, 0.25) is 0 Å². The van der Waals surface area contributed by atoms with E-state index in [9.17, 15) is 4.79 Å². The maximum Gasteiger partial charge on any atom is 0.335 e. The number of aromatic nitrogens is 4. The van der Waals surface area contributed by atoms with E-state index in [4.69, 9.17) is 5.11 Å². The summed E-state index contributed by atoms with van der Waals surface area (Å²) in [7, 11) is 0. The standard InChI is InChI=1S/C20H17N5O2/c26-20(27)14-8-6-13(7-9-14)18-22-23-19-15-4-3-5-17(24-10-1-2-11-24)16(15)12-21-25(18)19/h3-9,12H,1-2,10-11H2,(H,26,27). The van der Waals surface area contributed by atoms with E-state index in [1.165, 1.54) is 18.5 Å². The molecule has 0 unspecified atom stereocenters. The van der Waals surface area contributed by atoms with Crippen molar-refractivity contribution in [1.82, 2.24) is 19.8 Å². The fraction of sp³-hybridized carbons (Fsp3) is 0.200. The molecule has 7 nitrogen and oxygen atoms in total. The van der Waals surface area contributed by atoms with Crippen molar-refractivity contribution in [3.63, 3.8) is 0 Å². The molecule has 0 bridgehead atoms. The van der Waals surface area contributed by atoms with Gasteiger partial charge in [-0.25, -0.2) is 4.79 Å². The average molecular weight is 359 g/mol. The van der Waals surface area contributed by atoms with Crippen molar-refractivity contribution in [2.24, 2.45) is 0 Å². The number of carboxylic acid groups (broad SMARTS) is 1. The second-order valence-electron chi connectivity index (χ2n) is 6.72. The normalized spacial score (nSPS) is 14.3. The second-order valence-corrected chi connectivity index (χ2v) is 6.72. The molecule has 0 radical (unpaired) electrons. The number of rotatable bonds is 3. The molecule has 2 aromatic heterocycles. The summed E-state index contributed by atoms with van der Waals surface area (Å²) in [6.07, 6.45) is 4.30. The maximum atomic E-state index is 11.0. The number of anilines is 1. The molecule has 27 heavy (non-hydrogen) atoms. The first kappa shape index (κ1) is 15.7. The summed E-state index contributed by atoms with van der Waals surface area (Å²) in [6, 6.07) is 12.8. The molecule has 2 aromatic carbocycles. The zero-order valence-electron chi connectivity index (χ0n) is 14.5. The lowest BCUT2D eigenvalue weighted by Crippen LogP contribution is -2.17. The minimum atomic E-state index is -0.953. The van der Waals surface area contributed by atoms with Gasteiger partial charge in [-0.1, -0.05) is 24.3 Å². The monoisotopic (exact) mass is 359 g/mol. The summed E-state index contributed by atoms with van der Waals surface area (Å²) in [5.41, 5.74) is 2.90. The van der Waals surface area contributed by atoms with Crippen LogP contribution in [0.4, 0.5) is 5.69 Å². The summed E-state index contributed by atoms with van der Waals surface area (Å²) in [4.78, 5) is 13.4. The van der Waals surface area contributed by atoms with Gasteiger partial charge < -0.3 is 10.0 Å². The molecule has 0 spiro atoms. The van der Waals surface area contributed by atoms with Crippen LogP contribution in [0.15, 0.2) is 48.7 Å². The number of carbonyl (C=O) groups is 1. The van der Waals surface area contributed by atoms with Gasteiger partial charge in [0.05, 0.1) is 11.8 Å². The van der Waals surface area contributed by atoms with Gasteiger partial charge in [-0.2, -0.15) is 9.61 Å². The van der Waals surface area contributed by atoms with E-state index in [-0.39, 0.29) is 5.56 Å². The lowest BCUT2D eigenvalue weighted by molar-refractivity contribution is 0.0697. The van der Waals surface area contributed by atoms with Crippen molar-refractivity contribution < 1.29 is 9.90 Å². The number of hydrogen-bond acceptors (Lipinski definition) is 5. The molecule has 1 aliphatic heterocycles. The summed E-state index contributed by atoms with van der Waals surface area (Å²) in [6.45, 7) is 2.14. The lowest BCUT2D eigenvalue weighted by atomic mass is 10.1. The number of carboxylic acids is 1. The largest absolute Gasteiger partial charge is 0.478 e. The van der Waals surface area contributed by atoms with Crippen LogP contribution in [0.3, 0.4) is 0 Å². The van der Waals surface area contributed by atoms with Crippen LogP contribution in [0.5, 0.6) is 0 Å². The highest BCUT2D eigenvalue weighted by Gasteiger charge is 2.18. The zero-order valence-corrected chi connectivity index (χ0v) is 14.5. The quantitative estimate of drug-likeness (QED) is 0.605. The Labute approximate surface area is 154 Å². The fourth-order valence-corrected chi connectivity index (χ4v) is 3.73. The molecular weight excluding hydrogens is 342 g/mol. The van der Waals surface area contributed by atoms with E-state index < -0.39 is 5.97 Å². The molecule has 0 aliphatic carbocycles. The molecule has 3 heterocycles. The second kappa shape index (κ2) is 6.05. The summed E-state index contributed by atoms with van der Waals surface area (Å²) >= 11 is 0. The Morgan fingerprint density at radius 1 is 0.963 bits per heavy atom. The summed E-state index contributed by atoms with van der Waals surface area (Å²) in [5.74, 6) is -0.360.